The van der Waals surface area contributed by atoms with Gasteiger partial charge < -0.3 is 25.0 Å². The Morgan fingerprint density at radius 2 is 1.73 bits per heavy atom. The summed E-state index contributed by atoms with van der Waals surface area (Å²) in [4.78, 5) is 55.8. The van der Waals surface area contributed by atoms with Crippen LogP contribution < -0.4 is 15.5 Å². The van der Waals surface area contributed by atoms with Gasteiger partial charge in [-0.15, -0.1) is 0 Å². The number of hydrogen-bond donors (Lipinski definition) is 2. The van der Waals surface area contributed by atoms with Gasteiger partial charge in [-0.2, -0.15) is 0 Å². The summed E-state index contributed by atoms with van der Waals surface area (Å²) in [5.41, 5.74) is 5.52. The lowest BCUT2D eigenvalue weighted by molar-refractivity contribution is -0.134. The highest BCUT2D eigenvalue weighted by atomic mass is 19.3. The number of nitrogens with zero attached hydrogens (tertiary/aromatic N) is 6. The van der Waals surface area contributed by atoms with E-state index < -0.39 is 16.8 Å². The number of carbonyl (C=O) groups excluding carboxylic acids is 3. The van der Waals surface area contributed by atoms with Gasteiger partial charge >= 0.3 is 0 Å². The molecule has 2 aliphatic carbocycles. The first-order chi connectivity index (χ1) is 26.2. The van der Waals surface area contributed by atoms with Crippen LogP contribution in [0.3, 0.4) is 0 Å². The molecule has 9 rings (SSSR count). The summed E-state index contributed by atoms with van der Waals surface area (Å²) in [5.74, 6) is -2.04. The van der Waals surface area contributed by atoms with Crippen LogP contribution in [0.2, 0.25) is 0 Å². The number of aryl methyl sites for hydroxylation is 1. The number of halogens is 2. The Balaban J connectivity index is 1.08. The SMILES string of the molecule is CNC(=O)c1cc(Nc2nc(-c3ccc4c(c3)N([C@H]3C[C@@H](N5CCC6(C5)CC6(F)F)C3)C(=O)C43CCN(C(C)=O)CC3)cc3ncn(C(C)C)c23)ccc1C. The first kappa shape index (κ1) is 35.8. The van der Waals surface area contributed by atoms with Gasteiger partial charge in [-0.3, -0.25) is 19.3 Å². The molecule has 288 valence electrons. The summed E-state index contributed by atoms with van der Waals surface area (Å²) >= 11 is 0. The van der Waals surface area contributed by atoms with Gasteiger partial charge in [0, 0.05) is 80.7 Å². The second kappa shape index (κ2) is 12.6. The summed E-state index contributed by atoms with van der Waals surface area (Å²) in [6.45, 7) is 9.80. The first-order valence-corrected chi connectivity index (χ1v) is 19.6. The molecule has 2 aromatic carbocycles. The summed E-state index contributed by atoms with van der Waals surface area (Å²) in [6.07, 6.45) is 4.93. The van der Waals surface area contributed by atoms with Gasteiger partial charge in [0.1, 0.15) is 5.52 Å². The van der Waals surface area contributed by atoms with Crippen LogP contribution in [0.4, 0.5) is 26.0 Å². The molecule has 5 aliphatic rings. The Hall–Kier alpha value is -4.91. The Bertz CT molecular complexity index is 2260. The zero-order chi connectivity index (χ0) is 38.6. The fraction of sp³-hybridized carbons (Fsp3) is 0.500. The van der Waals surface area contributed by atoms with E-state index in [2.05, 4.69) is 46.1 Å². The maximum Gasteiger partial charge on any atom is 0.255 e. The lowest BCUT2D eigenvalue weighted by atomic mass is 9.73. The Morgan fingerprint density at radius 3 is 2.38 bits per heavy atom. The number of anilines is 3. The van der Waals surface area contributed by atoms with E-state index in [0.29, 0.717) is 68.2 Å². The number of carbonyl (C=O) groups is 3. The molecule has 2 saturated heterocycles. The number of alkyl halides is 2. The van der Waals surface area contributed by atoms with Gasteiger partial charge in [0.05, 0.1) is 28.4 Å². The van der Waals surface area contributed by atoms with Crippen LogP contribution in [0.5, 0.6) is 0 Å². The van der Waals surface area contributed by atoms with E-state index in [-0.39, 0.29) is 42.3 Å². The molecule has 4 fully saturated rings. The average Bonchev–Trinajstić information content (AvgIpc) is 3.53. The van der Waals surface area contributed by atoms with Crippen molar-refractivity contribution < 1.29 is 23.2 Å². The van der Waals surface area contributed by atoms with E-state index in [1.165, 1.54) is 0 Å². The zero-order valence-electron chi connectivity index (χ0n) is 32.1. The number of imidazole rings is 1. The zero-order valence-corrected chi connectivity index (χ0v) is 32.1. The highest BCUT2D eigenvalue weighted by Crippen LogP contribution is 2.65. The molecule has 5 heterocycles. The van der Waals surface area contributed by atoms with Crippen molar-refractivity contribution in [3.05, 3.63) is 65.5 Å². The summed E-state index contributed by atoms with van der Waals surface area (Å²) in [5, 5.41) is 6.21. The molecule has 2 N–H and O–H groups in total. The molecule has 2 spiro atoms. The number of fused-ring (bicyclic) bond motifs is 3. The average molecular weight is 751 g/mol. The molecular weight excluding hydrogens is 703 g/mol. The van der Waals surface area contributed by atoms with Gasteiger partial charge in [0.2, 0.25) is 11.8 Å². The number of piperidine rings is 1. The van der Waals surface area contributed by atoms with Crippen molar-refractivity contribution in [2.45, 2.75) is 95.7 Å². The fourth-order valence-electron chi connectivity index (χ4n) is 9.81. The number of benzene rings is 2. The normalized spacial score (nSPS) is 25.2. The van der Waals surface area contributed by atoms with Crippen LogP contribution >= 0.6 is 0 Å². The molecular formula is C42H48F2N8O3. The topological polar surface area (TPSA) is 116 Å². The quantitative estimate of drug-likeness (QED) is 0.219. The van der Waals surface area contributed by atoms with Crippen molar-refractivity contribution in [2.24, 2.45) is 5.41 Å². The second-order valence-electron chi connectivity index (χ2n) is 16.9. The first-order valence-electron chi connectivity index (χ1n) is 19.6. The van der Waals surface area contributed by atoms with E-state index in [1.807, 2.05) is 53.4 Å². The third kappa shape index (κ3) is 5.55. The number of nitrogens with one attached hydrogen (secondary N) is 2. The Morgan fingerprint density at radius 1 is 0.982 bits per heavy atom. The van der Waals surface area contributed by atoms with Crippen LogP contribution in [-0.4, -0.2) is 93.3 Å². The van der Waals surface area contributed by atoms with Crippen LogP contribution in [0.15, 0.2) is 48.8 Å². The van der Waals surface area contributed by atoms with Crippen molar-refractivity contribution in [1.29, 1.82) is 0 Å². The number of likely N-dealkylation sites (tertiary alicyclic amines) is 2. The largest absolute Gasteiger partial charge is 0.355 e. The maximum atomic E-state index is 14.8. The number of aromatic nitrogens is 3. The van der Waals surface area contributed by atoms with Gasteiger partial charge in [0.15, 0.2) is 5.82 Å². The van der Waals surface area contributed by atoms with Gasteiger partial charge in [-0.05, 0) is 94.8 Å². The molecule has 0 radical (unpaired) electrons. The third-order valence-corrected chi connectivity index (χ3v) is 13.4. The molecule has 13 heteroatoms. The number of hydrogen-bond acceptors (Lipinski definition) is 7. The van der Waals surface area contributed by atoms with Crippen molar-refractivity contribution in [3.8, 4) is 11.3 Å². The summed E-state index contributed by atoms with van der Waals surface area (Å²) < 4.78 is 30.6. The molecule has 2 aromatic heterocycles. The molecule has 11 nitrogen and oxygen atoms in total. The van der Waals surface area contributed by atoms with Gasteiger partial charge in [0.25, 0.3) is 11.8 Å². The number of amides is 3. The van der Waals surface area contributed by atoms with Crippen LogP contribution in [0, 0.1) is 12.3 Å². The lowest BCUT2D eigenvalue weighted by Gasteiger charge is -2.46. The predicted octanol–water partition coefficient (Wildman–Crippen LogP) is 6.58. The highest BCUT2D eigenvalue weighted by Gasteiger charge is 2.73. The van der Waals surface area contributed by atoms with Crippen molar-refractivity contribution in [1.82, 2.24) is 29.7 Å². The minimum Gasteiger partial charge on any atom is -0.355 e. The molecule has 1 unspecified atom stereocenters. The van der Waals surface area contributed by atoms with E-state index >= 15 is 0 Å². The standard InChI is InChI=1S/C42H48F2N8O3/c1-24(2)51-23-46-34-20-33(48-37(36(34)51)47-28-8-6-25(3)31(17-28)38(54)45-5)27-7-9-32-35(16-27)52(39(55)41(32)11-14-49(15-12-41)26(4)53)30-18-29(19-30)50-13-10-40(22-50)21-42(40,43)44/h6-9,16-17,20,23-24,29-30H,10-15,18-19,21-22H2,1-5H3,(H,45,54)(H,47,48)/t29-,30+,40?. The Kier molecular flexibility index (Phi) is 8.17. The minimum atomic E-state index is -2.56. The van der Waals surface area contributed by atoms with Crippen molar-refractivity contribution >= 4 is 45.9 Å². The maximum absolute atomic E-state index is 14.8. The number of rotatable bonds is 7. The van der Waals surface area contributed by atoms with Crippen LogP contribution in [-0.2, 0) is 15.0 Å². The summed E-state index contributed by atoms with van der Waals surface area (Å²) in [7, 11) is 1.61. The summed E-state index contributed by atoms with van der Waals surface area (Å²) in [6, 6.07) is 14.1. The lowest BCUT2D eigenvalue weighted by Crippen LogP contribution is -2.57. The molecule has 2 saturated carbocycles. The predicted molar refractivity (Wildman–Crippen MR) is 207 cm³/mol. The van der Waals surface area contributed by atoms with E-state index in [9.17, 15) is 23.2 Å². The number of pyridine rings is 1. The van der Waals surface area contributed by atoms with E-state index in [4.69, 9.17) is 9.97 Å². The van der Waals surface area contributed by atoms with Crippen molar-refractivity contribution in [3.63, 3.8) is 0 Å². The van der Waals surface area contributed by atoms with Gasteiger partial charge in [-0.25, -0.2) is 18.7 Å². The molecule has 55 heavy (non-hydrogen) atoms. The second-order valence-corrected chi connectivity index (χ2v) is 16.9. The Labute approximate surface area is 319 Å². The fourth-order valence-corrected chi connectivity index (χ4v) is 9.81. The van der Waals surface area contributed by atoms with Crippen molar-refractivity contribution in [2.75, 3.05) is 43.4 Å². The highest BCUT2D eigenvalue weighted by molar-refractivity contribution is 6.09. The van der Waals surface area contributed by atoms with E-state index in [1.54, 1.807) is 14.0 Å². The molecule has 1 atom stereocenters. The minimum absolute atomic E-state index is 0.00986. The van der Waals surface area contributed by atoms with Crippen LogP contribution in [0.1, 0.15) is 86.8 Å². The molecule has 3 amide bonds. The smallest absolute Gasteiger partial charge is 0.255 e. The van der Waals surface area contributed by atoms with Gasteiger partial charge in [-0.1, -0.05) is 18.2 Å². The van der Waals surface area contributed by atoms with Crippen LogP contribution in [0.25, 0.3) is 22.3 Å². The third-order valence-electron chi connectivity index (χ3n) is 13.4. The molecule has 4 aromatic rings. The molecule has 0 bridgehead atoms. The van der Waals surface area contributed by atoms with E-state index in [0.717, 1.165) is 46.3 Å². The monoisotopic (exact) mass is 750 g/mol. The molecule has 3 aliphatic heterocycles.